The molecule has 0 saturated heterocycles. The normalized spacial score (nSPS) is 9.87. The number of aromatic nitrogens is 1. The molecule has 5 heteroatoms. The lowest BCUT2D eigenvalue weighted by atomic mass is 10.3. The molecule has 0 radical (unpaired) electrons. The van der Waals surface area contributed by atoms with Crippen LogP contribution in [0.5, 0.6) is 11.6 Å². The molecule has 0 aliphatic heterocycles. The molecule has 1 aromatic carbocycles. The van der Waals surface area contributed by atoms with E-state index in [4.69, 9.17) is 4.74 Å². The summed E-state index contributed by atoms with van der Waals surface area (Å²) in [6.07, 6.45) is 1.71. The molecule has 1 heterocycles. The summed E-state index contributed by atoms with van der Waals surface area (Å²) in [7, 11) is 0. The third-order valence-electron chi connectivity index (χ3n) is 1.83. The minimum absolute atomic E-state index is 0.0130. The maximum atomic E-state index is 10.5. The quantitative estimate of drug-likeness (QED) is 0.617. The van der Waals surface area contributed by atoms with Gasteiger partial charge < -0.3 is 9.72 Å². The minimum Gasteiger partial charge on any atom is -0.441 e. The van der Waals surface area contributed by atoms with Gasteiger partial charge in [0.25, 0.3) is 5.69 Å². The molecular formula is C10H8N2O3. The van der Waals surface area contributed by atoms with Gasteiger partial charge in [-0.15, -0.1) is 0 Å². The Morgan fingerprint density at radius 2 is 2.13 bits per heavy atom. The summed E-state index contributed by atoms with van der Waals surface area (Å²) in [5.41, 5.74) is 0.0130. The highest BCUT2D eigenvalue weighted by atomic mass is 16.6. The van der Waals surface area contributed by atoms with Crippen molar-refractivity contribution in [1.82, 2.24) is 4.98 Å². The van der Waals surface area contributed by atoms with Crippen molar-refractivity contribution in [2.24, 2.45) is 0 Å². The molecule has 0 saturated carbocycles. The van der Waals surface area contributed by atoms with Crippen LogP contribution in [0.4, 0.5) is 5.69 Å². The van der Waals surface area contributed by atoms with Crippen molar-refractivity contribution in [3.63, 3.8) is 0 Å². The van der Waals surface area contributed by atoms with Crippen molar-refractivity contribution in [3.8, 4) is 11.6 Å². The first-order valence-electron chi connectivity index (χ1n) is 4.31. The maximum Gasteiger partial charge on any atom is 0.273 e. The molecule has 0 spiro atoms. The highest BCUT2D eigenvalue weighted by molar-refractivity contribution is 5.39. The minimum atomic E-state index is -0.457. The zero-order chi connectivity index (χ0) is 10.7. The van der Waals surface area contributed by atoms with E-state index in [1.807, 2.05) is 0 Å². The smallest absolute Gasteiger partial charge is 0.273 e. The average Bonchev–Trinajstić information content (AvgIpc) is 2.71. The lowest BCUT2D eigenvalue weighted by Crippen LogP contribution is -1.89. The summed E-state index contributed by atoms with van der Waals surface area (Å²) in [4.78, 5) is 12.9. The summed E-state index contributed by atoms with van der Waals surface area (Å²) >= 11 is 0. The second-order valence-corrected chi connectivity index (χ2v) is 2.89. The van der Waals surface area contributed by atoms with E-state index < -0.39 is 4.92 Å². The number of nitro benzene ring substituents is 1. The van der Waals surface area contributed by atoms with Gasteiger partial charge in [0.2, 0.25) is 0 Å². The summed E-state index contributed by atoms with van der Waals surface area (Å²) in [6, 6.07) is 9.55. The van der Waals surface area contributed by atoms with Gasteiger partial charge in [0.1, 0.15) is 5.75 Å². The van der Waals surface area contributed by atoms with Crippen molar-refractivity contribution < 1.29 is 9.66 Å². The van der Waals surface area contributed by atoms with Gasteiger partial charge in [-0.25, -0.2) is 0 Å². The number of nitrogens with zero attached hydrogens (tertiary/aromatic N) is 1. The van der Waals surface area contributed by atoms with E-state index >= 15 is 0 Å². The Balaban J connectivity index is 2.22. The molecule has 15 heavy (non-hydrogen) atoms. The Bertz CT molecular complexity index is 465. The van der Waals surface area contributed by atoms with Crippen LogP contribution in [0.25, 0.3) is 0 Å². The van der Waals surface area contributed by atoms with Gasteiger partial charge in [0.15, 0.2) is 5.88 Å². The van der Waals surface area contributed by atoms with E-state index in [9.17, 15) is 10.1 Å². The van der Waals surface area contributed by atoms with Crippen LogP contribution in [0.1, 0.15) is 0 Å². The molecule has 0 fully saturated rings. The molecule has 0 amide bonds. The predicted octanol–water partition coefficient (Wildman–Crippen LogP) is 2.72. The molecule has 76 valence electrons. The van der Waals surface area contributed by atoms with E-state index in [-0.39, 0.29) is 5.69 Å². The van der Waals surface area contributed by atoms with Crippen molar-refractivity contribution >= 4 is 5.69 Å². The first kappa shape index (κ1) is 9.26. The summed E-state index contributed by atoms with van der Waals surface area (Å²) in [5, 5.41) is 10.5. The van der Waals surface area contributed by atoms with Crippen LogP contribution in [0.2, 0.25) is 0 Å². The third kappa shape index (κ3) is 2.14. The summed E-state index contributed by atoms with van der Waals surface area (Å²) in [5.74, 6) is 0.988. The third-order valence-corrected chi connectivity index (χ3v) is 1.83. The molecular weight excluding hydrogens is 196 g/mol. The molecule has 0 aliphatic carbocycles. The highest BCUT2D eigenvalue weighted by Crippen LogP contribution is 2.23. The van der Waals surface area contributed by atoms with Gasteiger partial charge >= 0.3 is 0 Å². The van der Waals surface area contributed by atoms with Gasteiger partial charge in [-0.3, -0.25) is 10.1 Å². The summed E-state index contributed by atoms with van der Waals surface area (Å²) in [6.45, 7) is 0. The number of rotatable bonds is 3. The molecule has 0 atom stereocenters. The largest absolute Gasteiger partial charge is 0.441 e. The number of aromatic amines is 1. The fraction of sp³-hybridized carbons (Fsp3) is 0. The van der Waals surface area contributed by atoms with E-state index in [2.05, 4.69) is 4.98 Å². The van der Waals surface area contributed by atoms with Crippen molar-refractivity contribution in [2.75, 3.05) is 0 Å². The fourth-order valence-corrected chi connectivity index (χ4v) is 1.16. The Labute approximate surface area is 85.5 Å². The van der Waals surface area contributed by atoms with Gasteiger partial charge in [0, 0.05) is 18.3 Å². The van der Waals surface area contributed by atoms with Crippen LogP contribution in [-0.2, 0) is 0 Å². The molecule has 5 nitrogen and oxygen atoms in total. The topological polar surface area (TPSA) is 68.2 Å². The second kappa shape index (κ2) is 3.83. The molecule has 1 aromatic heterocycles. The van der Waals surface area contributed by atoms with Crippen LogP contribution < -0.4 is 4.74 Å². The number of hydrogen-bond acceptors (Lipinski definition) is 3. The Hall–Kier alpha value is -2.30. The molecule has 0 bridgehead atoms. The van der Waals surface area contributed by atoms with Crippen LogP contribution in [0.3, 0.4) is 0 Å². The van der Waals surface area contributed by atoms with E-state index in [0.29, 0.717) is 11.6 Å². The number of nitro groups is 1. The predicted molar refractivity (Wildman–Crippen MR) is 54.0 cm³/mol. The van der Waals surface area contributed by atoms with Crippen LogP contribution in [-0.4, -0.2) is 9.91 Å². The maximum absolute atomic E-state index is 10.5. The van der Waals surface area contributed by atoms with E-state index in [0.717, 1.165) is 0 Å². The average molecular weight is 204 g/mol. The molecule has 2 aromatic rings. The fourth-order valence-electron chi connectivity index (χ4n) is 1.16. The van der Waals surface area contributed by atoms with Crippen molar-refractivity contribution in [1.29, 1.82) is 0 Å². The van der Waals surface area contributed by atoms with Crippen LogP contribution in [0, 0.1) is 10.1 Å². The van der Waals surface area contributed by atoms with Gasteiger partial charge in [-0.1, -0.05) is 6.07 Å². The zero-order valence-electron chi connectivity index (χ0n) is 7.71. The van der Waals surface area contributed by atoms with Crippen molar-refractivity contribution in [2.45, 2.75) is 0 Å². The number of hydrogen-bond donors (Lipinski definition) is 1. The SMILES string of the molecule is O=[N+]([O-])c1cccc(Oc2ccc[nH]2)c1. The Kier molecular flexibility index (Phi) is 2.37. The monoisotopic (exact) mass is 204 g/mol. The first-order chi connectivity index (χ1) is 7.25. The molecule has 0 aliphatic rings. The number of H-pyrrole nitrogens is 1. The molecule has 1 N–H and O–H groups in total. The zero-order valence-corrected chi connectivity index (χ0v) is 7.71. The number of nitrogens with one attached hydrogen (secondary N) is 1. The van der Waals surface area contributed by atoms with E-state index in [1.165, 1.54) is 12.1 Å². The van der Waals surface area contributed by atoms with Crippen molar-refractivity contribution in [3.05, 3.63) is 52.7 Å². The second-order valence-electron chi connectivity index (χ2n) is 2.89. The number of ether oxygens (including phenoxy) is 1. The van der Waals surface area contributed by atoms with Gasteiger partial charge in [0.05, 0.1) is 11.0 Å². The Morgan fingerprint density at radius 1 is 1.27 bits per heavy atom. The lowest BCUT2D eigenvalue weighted by molar-refractivity contribution is -0.384. The first-order valence-corrected chi connectivity index (χ1v) is 4.31. The van der Waals surface area contributed by atoms with E-state index in [1.54, 1.807) is 30.5 Å². The molecule has 0 unspecified atom stereocenters. The van der Waals surface area contributed by atoms with Gasteiger partial charge in [-0.2, -0.15) is 0 Å². The number of benzene rings is 1. The lowest BCUT2D eigenvalue weighted by Gasteiger charge is -2.01. The Morgan fingerprint density at radius 3 is 2.80 bits per heavy atom. The van der Waals surface area contributed by atoms with Crippen LogP contribution >= 0.6 is 0 Å². The highest BCUT2D eigenvalue weighted by Gasteiger charge is 2.06. The number of non-ortho nitro benzene ring substituents is 1. The van der Waals surface area contributed by atoms with Gasteiger partial charge in [-0.05, 0) is 12.1 Å². The summed E-state index contributed by atoms with van der Waals surface area (Å²) < 4.78 is 5.35. The standard InChI is InChI=1S/C10H8N2O3/c13-12(14)8-3-1-4-9(7-8)15-10-5-2-6-11-10/h1-7,11H. The van der Waals surface area contributed by atoms with Crippen LogP contribution in [0.15, 0.2) is 42.6 Å². The molecule has 2 rings (SSSR count).